The highest BCUT2D eigenvalue weighted by Crippen LogP contribution is 2.13. The Morgan fingerprint density at radius 1 is 1.33 bits per heavy atom. The minimum atomic E-state index is -2.89. The number of para-hydroxylation sites is 1. The fraction of sp³-hybridized carbons (Fsp3) is 0.474. The monoisotopic (exact) mass is 389 g/mol. The maximum absolute atomic E-state index is 11.6. The van der Waals surface area contributed by atoms with Gasteiger partial charge in [0.1, 0.15) is 0 Å². The first-order chi connectivity index (χ1) is 13.0. The zero-order valence-corrected chi connectivity index (χ0v) is 16.7. The Kier molecular flexibility index (Phi) is 6.15. The molecule has 1 saturated heterocycles. The third kappa shape index (κ3) is 5.32. The molecule has 8 heteroatoms. The Bertz CT molecular complexity index is 890. The van der Waals surface area contributed by atoms with Gasteiger partial charge in [0.05, 0.1) is 22.9 Å². The Hall–Kier alpha value is -2.35. The Morgan fingerprint density at radius 3 is 2.78 bits per heavy atom. The van der Waals surface area contributed by atoms with Gasteiger partial charge in [0.15, 0.2) is 15.8 Å². The molecule has 1 aliphatic rings. The normalized spacial score (nSPS) is 19.2. The predicted octanol–water partition coefficient (Wildman–Crippen LogP) is 1.47. The van der Waals surface area contributed by atoms with E-state index in [1.807, 2.05) is 41.9 Å². The summed E-state index contributed by atoms with van der Waals surface area (Å²) >= 11 is 0. The molecule has 0 aliphatic carbocycles. The number of sulfone groups is 1. The summed E-state index contributed by atoms with van der Waals surface area (Å²) in [5, 5.41) is 11.1. The first-order valence-electron chi connectivity index (χ1n) is 9.25. The summed E-state index contributed by atoms with van der Waals surface area (Å²) in [6.07, 6.45) is 4.58. The molecule has 0 radical (unpaired) electrons. The standard InChI is InChI=1S/C19H27N5O2S/c1-15-16(13-24(23-15)18-8-4-3-5-9-18)7-6-11-21-19(20-2)22-17-10-12-27(25,26)14-17/h3-5,8-9,13,17H,6-7,10-12,14H2,1-2H3,(H2,20,21,22). The van der Waals surface area contributed by atoms with Gasteiger partial charge in [-0.3, -0.25) is 4.99 Å². The summed E-state index contributed by atoms with van der Waals surface area (Å²) in [7, 11) is -1.19. The quantitative estimate of drug-likeness (QED) is 0.444. The molecule has 0 spiro atoms. The lowest BCUT2D eigenvalue weighted by molar-refractivity contribution is 0.599. The number of nitrogens with zero attached hydrogens (tertiary/aromatic N) is 3. The Labute approximate surface area is 160 Å². The van der Waals surface area contributed by atoms with Gasteiger partial charge >= 0.3 is 0 Å². The molecule has 27 heavy (non-hydrogen) atoms. The number of benzene rings is 1. The van der Waals surface area contributed by atoms with Crippen LogP contribution in [0.5, 0.6) is 0 Å². The number of guanidine groups is 1. The molecule has 1 aromatic heterocycles. The Morgan fingerprint density at radius 2 is 2.11 bits per heavy atom. The van der Waals surface area contributed by atoms with Gasteiger partial charge in [-0.2, -0.15) is 5.10 Å². The predicted molar refractivity (Wildman–Crippen MR) is 108 cm³/mol. The average molecular weight is 390 g/mol. The van der Waals surface area contributed by atoms with Crippen LogP contribution in [0.25, 0.3) is 5.69 Å². The number of aryl methyl sites for hydroxylation is 2. The van der Waals surface area contributed by atoms with Crippen molar-refractivity contribution < 1.29 is 8.42 Å². The molecule has 0 saturated carbocycles. The molecule has 0 bridgehead atoms. The second-order valence-electron chi connectivity index (χ2n) is 6.87. The van der Waals surface area contributed by atoms with Crippen LogP contribution in [0.15, 0.2) is 41.5 Å². The minimum absolute atomic E-state index is 0.0486. The zero-order valence-electron chi connectivity index (χ0n) is 15.9. The van der Waals surface area contributed by atoms with Crippen LogP contribution in [0, 0.1) is 6.92 Å². The number of rotatable bonds is 6. The molecule has 2 aromatic rings. The van der Waals surface area contributed by atoms with Gasteiger partial charge in [0.2, 0.25) is 0 Å². The van der Waals surface area contributed by atoms with Crippen molar-refractivity contribution in [3.05, 3.63) is 47.8 Å². The Balaban J connectivity index is 1.46. The summed E-state index contributed by atoms with van der Waals surface area (Å²) < 4.78 is 25.0. The maximum atomic E-state index is 11.6. The molecule has 1 fully saturated rings. The minimum Gasteiger partial charge on any atom is -0.356 e. The van der Waals surface area contributed by atoms with E-state index in [0.29, 0.717) is 12.4 Å². The largest absolute Gasteiger partial charge is 0.356 e. The van der Waals surface area contributed by atoms with E-state index in [0.717, 1.165) is 30.8 Å². The van der Waals surface area contributed by atoms with E-state index in [-0.39, 0.29) is 17.5 Å². The second-order valence-corrected chi connectivity index (χ2v) is 9.10. The molecule has 146 valence electrons. The van der Waals surface area contributed by atoms with Crippen LogP contribution < -0.4 is 10.6 Å². The number of nitrogens with one attached hydrogen (secondary N) is 2. The van der Waals surface area contributed by atoms with Gasteiger partial charge in [0, 0.05) is 25.8 Å². The van der Waals surface area contributed by atoms with Gasteiger partial charge in [-0.1, -0.05) is 18.2 Å². The van der Waals surface area contributed by atoms with E-state index in [1.54, 1.807) is 7.05 Å². The lowest BCUT2D eigenvalue weighted by atomic mass is 10.1. The van der Waals surface area contributed by atoms with Crippen molar-refractivity contribution in [2.75, 3.05) is 25.1 Å². The number of aliphatic imine (C=N–C) groups is 1. The first-order valence-corrected chi connectivity index (χ1v) is 11.1. The van der Waals surface area contributed by atoms with Crippen LogP contribution in [0.1, 0.15) is 24.1 Å². The summed E-state index contributed by atoms with van der Waals surface area (Å²) in [4.78, 5) is 4.19. The summed E-state index contributed by atoms with van der Waals surface area (Å²) in [5.74, 6) is 1.10. The van der Waals surface area contributed by atoms with Crippen molar-refractivity contribution >= 4 is 15.8 Å². The van der Waals surface area contributed by atoms with Gasteiger partial charge < -0.3 is 10.6 Å². The molecule has 1 atom stereocenters. The third-order valence-corrected chi connectivity index (χ3v) is 6.50. The van der Waals surface area contributed by atoms with Crippen LogP contribution in [-0.4, -0.2) is 55.3 Å². The fourth-order valence-electron chi connectivity index (χ4n) is 3.24. The van der Waals surface area contributed by atoms with Crippen LogP contribution in [0.2, 0.25) is 0 Å². The highest BCUT2D eigenvalue weighted by Gasteiger charge is 2.28. The SMILES string of the molecule is CN=C(NCCCc1cn(-c2ccccc2)nc1C)NC1CCS(=O)(=O)C1. The van der Waals surface area contributed by atoms with Crippen molar-refractivity contribution in [3.8, 4) is 5.69 Å². The molecule has 3 rings (SSSR count). The second kappa shape index (κ2) is 8.56. The van der Waals surface area contributed by atoms with E-state index >= 15 is 0 Å². The van der Waals surface area contributed by atoms with Gasteiger partial charge in [-0.25, -0.2) is 13.1 Å². The van der Waals surface area contributed by atoms with E-state index in [2.05, 4.69) is 26.9 Å². The molecular weight excluding hydrogens is 362 g/mol. The highest BCUT2D eigenvalue weighted by molar-refractivity contribution is 7.91. The topological polar surface area (TPSA) is 88.4 Å². The summed E-state index contributed by atoms with van der Waals surface area (Å²) in [5.41, 5.74) is 3.32. The molecule has 2 heterocycles. The molecule has 1 aliphatic heterocycles. The van der Waals surface area contributed by atoms with E-state index in [4.69, 9.17) is 0 Å². The van der Waals surface area contributed by atoms with E-state index < -0.39 is 9.84 Å². The van der Waals surface area contributed by atoms with Crippen LogP contribution >= 0.6 is 0 Å². The average Bonchev–Trinajstić information content (AvgIpc) is 3.20. The van der Waals surface area contributed by atoms with E-state index in [1.165, 1.54) is 5.56 Å². The smallest absolute Gasteiger partial charge is 0.191 e. The summed E-state index contributed by atoms with van der Waals surface area (Å²) in [6, 6.07) is 10.0. The number of hydrogen-bond donors (Lipinski definition) is 2. The molecule has 7 nitrogen and oxygen atoms in total. The lowest BCUT2D eigenvalue weighted by Crippen LogP contribution is -2.44. The molecule has 1 aromatic carbocycles. The van der Waals surface area contributed by atoms with Crippen LogP contribution in [-0.2, 0) is 16.3 Å². The van der Waals surface area contributed by atoms with Crippen molar-refractivity contribution in [1.82, 2.24) is 20.4 Å². The molecule has 0 amide bonds. The maximum Gasteiger partial charge on any atom is 0.191 e. The zero-order chi connectivity index (χ0) is 19.3. The van der Waals surface area contributed by atoms with Gasteiger partial charge in [-0.15, -0.1) is 0 Å². The molecule has 1 unspecified atom stereocenters. The number of hydrogen-bond acceptors (Lipinski definition) is 4. The first kappa shape index (κ1) is 19.4. The lowest BCUT2D eigenvalue weighted by Gasteiger charge is -2.15. The number of aromatic nitrogens is 2. The van der Waals surface area contributed by atoms with E-state index in [9.17, 15) is 8.42 Å². The third-order valence-electron chi connectivity index (χ3n) is 4.73. The van der Waals surface area contributed by atoms with Crippen LogP contribution in [0.4, 0.5) is 0 Å². The van der Waals surface area contributed by atoms with Crippen molar-refractivity contribution in [2.45, 2.75) is 32.2 Å². The van der Waals surface area contributed by atoms with Crippen molar-refractivity contribution in [2.24, 2.45) is 4.99 Å². The molecule has 2 N–H and O–H groups in total. The molecular formula is C19H27N5O2S. The fourth-order valence-corrected chi connectivity index (χ4v) is 4.91. The van der Waals surface area contributed by atoms with Gasteiger partial charge in [0.25, 0.3) is 0 Å². The van der Waals surface area contributed by atoms with Crippen LogP contribution in [0.3, 0.4) is 0 Å². The van der Waals surface area contributed by atoms with Gasteiger partial charge in [-0.05, 0) is 43.9 Å². The highest BCUT2D eigenvalue weighted by atomic mass is 32.2. The van der Waals surface area contributed by atoms with Crippen molar-refractivity contribution in [3.63, 3.8) is 0 Å². The van der Waals surface area contributed by atoms with Crippen molar-refractivity contribution in [1.29, 1.82) is 0 Å². The summed E-state index contributed by atoms with van der Waals surface area (Å²) in [6.45, 7) is 2.79.